The lowest BCUT2D eigenvalue weighted by molar-refractivity contribution is -0.145. The van der Waals surface area contributed by atoms with E-state index in [0.717, 1.165) is 28.6 Å². The number of aromatic nitrogens is 3. The number of halogens is 3. The largest absolute Gasteiger partial charge is 0.406 e. The Balaban J connectivity index is 1.97. The van der Waals surface area contributed by atoms with E-state index in [1.54, 1.807) is 6.07 Å². The Morgan fingerprint density at radius 1 is 1.43 bits per heavy atom. The van der Waals surface area contributed by atoms with Crippen molar-refractivity contribution in [2.75, 3.05) is 6.54 Å². The number of aryl methyl sites for hydroxylation is 1. The number of nitrogens with zero attached hydrogens (tertiary/aromatic N) is 4. The Morgan fingerprint density at radius 2 is 2.26 bits per heavy atom. The second kappa shape index (κ2) is 6.23. The Labute approximate surface area is 134 Å². The average molecular weight is 342 g/mol. The average Bonchev–Trinajstić information content (AvgIpc) is 3.05. The molecule has 3 rings (SSSR count). The lowest BCUT2D eigenvalue weighted by Crippen LogP contribution is -2.43. The van der Waals surface area contributed by atoms with Crippen LogP contribution in [0.25, 0.3) is 0 Å². The smallest absolute Gasteiger partial charge is 0.319 e. The predicted octanol–water partition coefficient (Wildman–Crippen LogP) is 3.02. The first-order valence-electron chi connectivity index (χ1n) is 7.05. The second-order valence-electron chi connectivity index (χ2n) is 5.30. The molecule has 1 atom stereocenters. The Morgan fingerprint density at radius 3 is 2.96 bits per heavy atom. The van der Waals surface area contributed by atoms with Gasteiger partial charge in [0.05, 0.1) is 29.7 Å². The van der Waals surface area contributed by atoms with Crippen LogP contribution in [0.15, 0.2) is 24.5 Å². The summed E-state index contributed by atoms with van der Waals surface area (Å²) in [5.74, 6) is -0.764. The van der Waals surface area contributed by atoms with Crippen molar-refractivity contribution in [2.45, 2.75) is 31.5 Å². The summed E-state index contributed by atoms with van der Waals surface area (Å²) in [5.41, 5.74) is 1.36. The molecule has 1 aliphatic rings. The topological polar surface area (TPSA) is 59.0 Å². The van der Waals surface area contributed by atoms with E-state index in [1.807, 2.05) is 6.07 Å². The Hall–Kier alpha value is -2.03. The molecule has 5 nitrogen and oxygen atoms in total. The molecule has 0 N–H and O–H groups in total. The first-order valence-corrected chi connectivity index (χ1v) is 7.78. The summed E-state index contributed by atoms with van der Waals surface area (Å²) in [6, 6.07) is 2.90. The zero-order valence-corrected chi connectivity index (χ0v) is 12.8. The standard InChI is InChI=1S/C14H13F3N4OS/c15-14(16,17)8-21(13(22)10-7-19-23-20-10)11-5-1-3-9-4-2-6-18-12(9)11/h2,4,6-7,11H,1,3,5,8H2/t11-/m1/s1. The molecule has 0 saturated heterocycles. The summed E-state index contributed by atoms with van der Waals surface area (Å²) in [6.07, 6.45) is 0.150. The Bertz CT molecular complexity index is 690. The van der Waals surface area contributed by atoms with Crippen LogP contribution in [-0.2, 0) is 6.42 Å². The van der Waals surface area contributed by atoms with Crippen LogP contribution >= 0.6 is 11.7 Å². The van der Waals surface area contributed by atoms with Gasteiger partial charge in [-0.2, -0.15) is 21.9 Å². The molecule has 0 saturated carbocycles. The third-order valence-corrected chi connectivity index (χ3v) is 4.21. The number of amides is 1. The molecule has 23 heavy (non-hydrogen) atoms. The fraction of sp³-hybridized carbons (Fsp3) is 0.429. The van der Waals surface area contributed by atoms with E-state index in [-0.39, 0.29) is 5.69 Å². The lowest BCUT2D eigenvalue weighted by Gasteiger charge is -2.35. The van der Waals surface area contributed by atoms with Crippen LogP contribution in [0.5, 0.6) is 0 Å². The first kappa shape index (κ1) is 15.9. The van der Waals surface area contributed by atoms with E-state index < -0.39 is 24.7 Å². The van der Waals surface area contributed by atoms with E-state index in [2.05, 4.69) is 13.7 Å². The minimum absolute atomic E-state index is 0.0673. The summed E-state index contributed by atoms with van der Waals surface area (Å²) in [5, 5.41) is 0. The van der Waals surface area contributed by atoms with Gasteiger partial charge in [-0.15, -0.1) is 0 Å². The van der Waals surface area contributed by atoms with Crippen LogP contribution in [0.4, 0.5) is 13.2 Å². The van der Waals surface area contributed by atoms with Gasteiger partial charge in [0.25, 0.3) is 5.91 Å². The number of carbonyl (C=O) groups excluding carboxylic acids is 1. The number of alkyl halides is 3. The van der Waals surface area contributed by atoms with E-state index in [9.17, 15) is 18.0 Å². The first-order chi connectivity index (χ1) is 11.0. The number of pyridine rings is 1. The van der Waals surface area contributed by atoms with Crippen LogP contribution in [0, 0.1) is 0 Å². The highest BCUT2D eigenvalue weighted by Gasteiger charge is 2.39. The summed E-state index contributed by atoms with van der Waals surface area (Å²) >= 11 is 0.791. The van der Waals surface area contributed by atoms with Crippen molar-refractivity contribution >= 4 is 17.6 Å². The number of rotatable bonds is 3. The highest BCUT2D eigenvalue weighted by Crippen LogP contribution is 2.35. The van der Waals surface area contributed by atoms with Gasteiger partial charge in [0.2, 0.25) is 0 Å². The molecule has 122 valence electrons. The molecule has 0 fully saturated rings. The monoisotopic (exact) mass is 342 g/mol. The molecule has 0 unspecified atom stereocenters. The highest BCUT2D eigenvalue weighted by atomic mass is 32.1. The molecule has 0 bridgehead atoms. The molecule has 2 heterocycles. The molecule has 2 aromatic heterocycles. The number of hydrogen-bond donors (Lipinski definition) is 0. The predicted molar refractivity (Wildman–Crippen MR) is 76.9 cm³/mol. The van der Waals surface area contributed by atoms with Crippen LogP contribution in [0.1, 0.15) is 40.6 Å². The fourth-order valence-electron chi connectivity index (χ4n) is 2.81. The normalized spacial score (nSPS) is 17.6. The molecule has 1 aliphatic carbocycles. The molecule has 0 aromatic carbocycles. The van der Waals surface area contributed by atoms with Crippen LogP contribution in [-0.4, -0.2) is 37.3 Å². The van der Waals surface area contributed by atoms with Gasteiger partial charge >= 0.3 is 6.18 Å². The third kappa shape index (κ3) is 3.49. The summed E-state index contributed by atoms with van der Waals surface area (Å²) < 4.78 is 46.4. The minimum Gasteiger partial charge on any atom is -0.319 e. The van der Waals surface area contributed by atoms with E-state index in [4.69, 9.17) is 0 Å². The zero-order chi connectivity index (χ0) is 16.4. The molecule has 1 amide bonds. The summed E-state index contributed by atoms with van der Waals surface area (Å²) in [4.78, 5) is 17.5. The molecule has 0 aliphatic heterocycles. The van der Waals surface area contributed by atoms with E-state index in [1.165, 1.54) is 12.4 Å². The maximum absolute atomic E-state index is 13.0. The van der Waals surface area contributed by atoms with Gasteiger partial charge < -0.3 is 4.90 Å². The van der Waals surface area contributed by atoms with Gasteiger partial charge in [-0.25, -0.2) is 0 Å². The SMILES string of the molecule is O=C(c1cnsn1)N(CC(F)(F)F)[C@@H]1CCCc2cccnc21. The number of carbonyl (C=O) groups is 1. The zero-order valence-electron chi connectivity index (χ0n) is 12.0. The van der Waals surface area contributed by atoms with Crippen molar-refractivity contribution in [3.63, 3.8) is 0 Å². The van der Waals surface area contributed by atoms with Gasteiger partial charge in [0.15, 0.2) is 5.69 Å². The van der Waals surface area contributed by atoms with Crippen molar-refractivity contribution in [2.24, 2.45) is 0 Å². The lowest BCUT2D eigenvalue weighted by atomic mass is 9.90. The number of fused-ring (bicyclic) bond motifs is 1. The highest BCUT2D eigenvalue weighted by molar-refractivity contribution is 6.99. The van der Waals surface area contributed by atoms with Gasteiger partial charge in [-0.1, -0.05) is 6.07 Å². The number of hydrogen-bond acceptors (Lipinski definition) is 5. The van der Waals surface area contributed by atoms with Crippen LogP contribution in [0.2, 0.25) is 0 Å². The van der Waals surface area contributed by atoms with Crippen molar-refractivity contribution in [3.05, 3.63) is 41.5 Å². The van der Waals surface area contributed by atoms with Crippen LogP contribution < -0.4 is 0 Å². The second-order valence-corrected chi connectivity index (χ2v) is 5.85. The third-order valence-electron chi connectivity index (χ3n) is 3.73. The fourth-order valence-corrected chi connectivity index (χ4v) is 3.22. The molecule has 0 spiro atoms. The van der Waals surface area contributed by atoms with Gasteiger partial charge in [0.1, 0.15) is 6.54 Å². The quantitative estimate of drug-likeness (QED) is 0.860. The van der Waals surface area contributed by atoms with Gasteiger partial charge in [-0.3, -0.25) is 9.78 Å². The molecule has 2 aromatic rings. The summed E-state index contributed by atoms with van der Waals surface area (Å²) in [6.45, 7) is -1.33. The maximum Gasteiger partial charge on any atom is 0.406 e. The van der Waals surface area contributed by atoms with Crippen LogP contribution in [0.3, 0.4) is 0 Å². The minimum atomic E-state index is -4.49. The van der Waals surface area contributed by atoms with Crippen molar-refractivity contribution in [1.29, 1.82) is 0 Å². The van der Waals surface area contributed by atoms with Crippen molar-refractivity contribution in [3.8, 4) is 0 Å². The summed E-state index contributed by atoms with van der Waals surface area (Å²) in [7, 11) is 0. The van der Waals surface area contributed by atoms with Crippen molar-refractivity contribution < 1.29 is 18.0 Å². The van der Waals surface area contributed by atoms with Crippen molar-refractivity contribution in [1.82, 2.24) is 18.6 Å². The van der Waals surface area contributed by atoms with Gasteiger partial charge in [-0.05, 0) is 30.9 Å². The molecular formula is C14H13F3N4OS. The molecule has 0 radical (unpaired) electrons. The van der Waals surface area contributed by atoms with Gasteiger partial charge in [0, 0.05) is 6.20 Å². The molecule has 9 heteroatoms. The Kier molecular flexibility index (Phi) is 4.29. The molecular weight excluding hydrogens is 329 g/mol. The van der Waals surface area contributed by atoms with E-state index >= 15 is 0 Å². The van der Waals surface area contributed by atoms with E-state index in [0.29, 0.717) is 18.5 Å². The maximum atomic E-state index is 13.0.